The largest absolute Gasteiger partial charge is 0.102 e. The highest BCUT2D eigenvalue weighted by atomic mass is 14.0. The van der Waals surface area contributed by atoms with Crippen LogP contribution in [0.5, 0.6) is 0 Å². The first-order valence-corrected chi connectivity index (χ1v) is 3.36. The van der Waals surface area contributed by atoms with E-state index in [1.807, 2.05) is 37.3 Å². The summed E-state index contributed by atoms with van der Waals surface area (Å²) in [6.07, 6.45) is 1.64. The lowest BCUT2D eigenvalue weighted by molar-refractivity contribution is 0.971. The molecule has 0 aliphatic rings. The second kappa shape index (κ2) is 3.21. The minimum atomic E-state index is -0.652. The molecule has 0 saturated carbocycles. The van der Waals surface area contributed by atoms with Gasteiger partial charge in [-0.05, 0) is 11.5 Å². The van der Waals surface area contributed by atoms with E-state index in [2.05, 4.69) is 6.58 Å². The minimum Gasteiger partial charge on any atom is -0.102 e. The summed E-state index contributed by atoms with van der Waals surface area (Å²) in [5.74, 6) is -0.652. The second-order valence-corrected chi connectivity index (χ2v) is 2.25. The Bertz CT molecular complexity index is 236. The summed E-state index contributed by atoms with van der Waals surface area (Å²) >= 11 is 0. The molecule has 0 radical (unpaired) electrons. The number of rotatable bonds is 2. The number of hydrogen-bond acceptors (Lipinski definition) is 0. The summed E-state index contributed by atoms with van der Waals surface area (Å²) in [6.45, 7) is 5.45. The molecule has 1 aromatic carbocycles. The molecule has 0 aliphatic carbocycles. The van der Waals surface area contributed by atoms with Gasteiger partial charge in [-0.15, -0.1) is 6.58 Å². The van der Waals surface area contributed by atoms with Crippen molar-refractivity contribution in [3.8, 4) is 0 Å². The van der Waals surface area contributed by atoms with Crippen LogP contribution in [0.3, 0.4) is 0 Å². The highest BCUT2D eigenvalue weighted by Crippen LogP contribution is 2.14. The van der Waals surface area contributed by atoms with Crippen molar-refractivity contribution in [3.63, 3.8) is 0 Å². The Morgan fingerprint density at radius 1 is 1.50 bits per heavy atom. The van der Waals surface area contributed by atoms with E-state index in [-0.39, 0.29) is 0 Å². The Kier molecular flexibility index (Phi) is 1.84. The molecule has 0 bridgehead atoms. The van der Waals surface area contributed by atoms with Crippen LogP contribution < -0.4 is 0 Å². The van der Waals surface area contributed by atoms with Gasteiger partial charge >= 0.3 is 0 Å². The van der Waals surface area contributed by atoms with Crippen LogP contribution in [0.15, 0.2) is 43.0 Å². The Balaban J connectivity index is 3.02. The van der Waals surface area contributed by atoms with E-state index in [9.17, 15) is 0 Å². The molecule has 0 heteroatoms. The predicted molar refractivity (Wildman–Crippen MR) is 45.1 cm³/mol. The van der Waals surface area contributed by atoms with Crippen LogP contribution in [0.2, 0.25) is 0 Å². The van der Waals surface area contributed by atoms with Crippen molar-refractivity contribution in [3.05, 3.63) is 48.6 Å². The topological polar surface area (TPSA) is 0 Å². The number of allylic oxidation sites excluding steroid dienone is 1. The second-order valence-electron chi connectivity index (χ2n) is 2.25. The molecular weight excluding hydrogens is 120 g/mol. The zero-order valence-corrected chi connectivity index (χ0v) is 6.17. The van der Waals surface area contributed by atoms with Gasteiger partial charge < -0.3 is 0 Å². The highest BCUT2D eigenvalue weighted by molar-refractivity contribution is 5.21. The maximum absolute atomic E-state index is 7.80. The van der Waals surface area contributed by atoms with Crippen LogP contribution in [-0.2, 0) is 0 Å². The average Bonchev–Trinajstić information content (AvgIpc) is 2.06. The van der Waals surface area contributed by atoms with Gasteiger partial charge in [-0.25, -0.2) is 0 Å². The quantitative estimate of drug-likeness (QED) is 0.544. The number of hydrogen-bond donors (Lipinski definition) is 0. The molecule has 0 amide bonds. The molecule has 0 unspecified atom stereocenters. The van der Waals surface area contributed by atoms with Crippen LogP contribution in [0.25, 0.3) is 0 Å². The van der Waals surface area contributed by atoms with Gasteiger partial charge in [-0.2, -0.15) is 0 Å². The summed E-state index contributed by atoms with van der Waals surface area (Å²) in [5, 5.41) is 0. The fourth-order valence-electron chi connectivity index (χ4n) is 0.819. The minimum absolute atomic E-state index is 0.652. The Morgan fingerprint density at radius 3 is 2.60 bits per heavy atom. The fraction of sp³-hybridized carbons (Fsp3) is 0.200. The Labute approximate surface area is 63.6 Å². The Hall–Kier alpha value is -1.04. The first-order valence-electron chi connectivity index (χ1n) is 3.86. The smallest absolute Gasteiger partial charge is 0.0393 e. The molecule has 1 rings (SSSR count). The summed E-state index contributed by atoms with van der Waals surface area (Å²) in [7, 11) is 0. The van der Waals surface area contributed by atoms with Crippen molar-refractivity contribution in [1.29, 1.82) is 0 Å². The van der Waals surface area contributed by atoms with Crippen LogP contribution >= 0.6 is 0 Å². The zero-order chi connectivity index (χ0) is 8.32. The molecule has 1 aromatic rings. The zero-order valence-electron chi connectivity index (χ0n) is 7.17. The third-order valence-electron chi connectivity index (χ3n) is 1.54. The highest BCUT2D eigenvalue weighted by Gasteiger charge is 1.96. The van der Waals surface area contributed by atoms with E-state index >= 15 is 0 Å². The standard InChI is InChI=1S/C10H12/c1-3-9(2)10-7-5-4-6-8-10/h3-9H,1H2,2H3/t9-/m0/s1/i9D. The maximum atomic E-state index is 7.80. The van der Waals surface area contributed by atoms with Crippen molar-refractivity contribution >= 4 is 0 Å². The lowest BCUT2D eigenvalue weighted by Crippen LogP contribution is -1.85. The summed E-state index contributed by atoms with van der Waals surface area (Å²) in [4.78, 5) is 0. The van der Waals surface area contributed by atoms with Crippen molar-refractivity contribution in [2.45, 2.75) is 12.8 Å². The van der Waals surface area contributed by atoms with Crippen molar-refractivity contribution in [2.24, 2.45) is 0 Å². The summed E-state index contributed by atoms with van der Waals surface area (Å²) in [5.41, 5.74) is 0.981. The fourth-order valence-corrected chi connectivity index (χ4v) is 0.819. The first-order chi connectivity index (χ1) is 5.17. The molecule has 0 spiro atoms. The van der Waals surface area contributed by atoms with E-state index in [0.717, 1.165) is 5.56 Å². The number of benzene rings is 1. The van der Waals surface area contributed by atoms with Crippen molar-refractivity contribution in [2.75, 3.05) is 0 Å². The lowest BCUT2D eigenvalue weighted by Gasteiger charge is -2.03. The van der Waals surface area contributed by atoms with Gasteiger partial charge in [0.05, 0.1) is 0 Å². The van der Waals surface area contributed by atoms with Crippen molar-refractivity contribution in [1.82, 2.24) is 0 Å². The summed E-state index contributed by atoms with van der Waals surface area (Å²) in [6, 6.07) is 9.70. The van der Waals surface area contributed by atoms with Gasteiger partial charge in [0.1, 0.15) is 0 Å². The molecule has 0 saturated heterocycles. The molecule has 52 valence electrons. The molecule has 10 heavy (non-hydrogen) atoms. The van der Waals surface area contributed by atoms with Crippen LogP contribution in [0.4, 0.5) is 0 Å². The molecule has 0 N–H and O–H groups in total. The lowest BCUT2D eigenvalue weighted by atomic mass is 10.0. The molecule has 0 aliphatic heterocycles. The normalized spacial score (nSPS) is 17.1. The average molecular weight is 133 g/mol. The van der Waals surface area contributed by atoms with E-state index in [4.69, 9.17) is 1.37 Å². The van der Waals surface area contributed by atoms with Gasteiger partial charge in [0.25, 0.3) is 0 Å². The predicted octanol–water partition coefficient (Wildman–Crippen LogP) is 2.98. The molecule has 0 aromatic heterocycles. The SMILES string of the molecule is [2H][C@](C)(C=C)c1ccccc1. The van der Waals surface area contributed by atoms with Crippen LogP contribution in [0.1, 0.15) is 19.8 Å². The first kappa shape index (κ1) is 5.72. The third-order valence-corrected chi connectivity index (χ3v) is 1.54. The van der Waals surface area contributed by atoms with Gasteiger partial charge in [-0.3, -0.25) is 0 Å². The van der Waals surface area contributed by atoms with Gasteiger partial charge in [0, 0.05) is 1.37 Å². The monoisotopic (exact) mass is 133 g/mol. The van der Waals surface area contributed by atoms with Gasteiger partial charge in [0.15, 0.2) is 0 Å². The molecular formula is C10H12. The van der Waals surface area contributed by atoms with E-state index in [1.54, 1.807) is 6.08 Å². The van der Waals surface area contributed by atoms with E-state index in [1.165, 1.54) is 0 Å². The van der Waals surface area contributed by atoms with E-state index in [0.29, 0.717) is 0 Å². The van der Waals surface area contributed by atoms with Crippen molar-refractivity contribution < 1.29 is 1.37 Å². The van der Waals surface area contributed by atoms with Crippen LogP contribution in [-0.4, -0.2) is 0 Å². The molecule has 0 heterocycles. The van der Waals surface area contributed by atoms with Gasteiger partial charge in [-0.1, -0.05) is 43.3 Å². The molecule has 0 fully saturated rings. The van der Waals surface area contributed by atoms with E-state index < -0.39 is 5.89 Å². The third kappa shape index (κ3) is 1.47. The van der Waals surface area contributed by atoms with Crippen LogP contribution in [0, 0.1) is 0 Å². The maximum Gasteiger partial charge on any atom is 0.0393 e. The summed E-state index contributed by atoms with van der Waals surface area (Å²) < 4.78 is 7.80. The molecule has 0 nitrogen and oxygen atoms in total. The van der Waals surface area contributed by atoms with Gasteiger partial charge in [0.2, 0.25) is 0 Å². The molecule has 1 atom stereocenters. The Morgan fingerprint density at radius 2 is 2.10 bits per heavy atom.